The molecule has 1 amide bonds. The van der Waals surface area contributed by atoms with Crippen LogP contribution in [0.1, 0.15) is 16.1 Å². The average molecular weight is 360 g/mol. The van der Waals surface area contributed by atoms with Gasteiger partial charge in [0.15, 0.2) is 0 Å². The summed E-state index contributed by atoms with van der Waals surface area (Å²) in [4.78, 5) is 25.2. The van der Waals surface area contributed by atoms with Gasteiger partial charge >= 0.3 is 0 Å². The van der Waals surface area contributed by atoms with Crippen molar-refractivity contribution in [1.82, 2.24) is 20.2 Å². The topological polar surface area (TPSA) is 61.4 Å². The number of nitrogens with zero attached hydrogens (tertiary/aromatic N) is 4. The third-order valence-electron chi connectivity index (χ3n) is 4.30. The number of halogens is 1. The van der Waals surface area contributed by atoms with Crippen LogP contribution in [0.15, 0.2) is 36.7 Å². The lowest BCUT2D eigenvalue weighted by molar-refractivity contribution is 0.0949. The molecule has 7 heteroatoms. The number of aromatic nitrogens is 2. The molecule has 1 aliphatic heterocycles. The van der Waals surface area contributed by atoms with Crippen molar-refractivity contribution in [2.24, 2.45) is 0 Å². The zero-order valence-electron chi connectivity index (χ0n) is 14.3. The van der Waals surface area contributed by atoms with Crippen LogP contribution >= 0.6 is 11.6 Å². The van der Waals surface area contributed by atoms with E-state index in [-0.39, 0.29) is 5.91 Å². The lowest BCUT2D eigenvalue weighted by Crippen LogP contribution is -2.45. The molecule has 1 aromatic carbocycles. The molecule has 1 saturated heterocycles. The van der Waals surface area contributed by atoms with E-state index < -0.39 is 0 Å². The zero-order chi connectivity index (χ0) is 17.6. The highest BCUT2D eigenvalue weighted by Gasteiger charge is 2.17. The van der Waals surface area contributed by atoms with Gasteiger partial charge in [-0.25, -0.2) is 9.97 Å². The fourth-order valence-corrected chi connectivity index (χ4v) is 3.00. The minimum absolute atomic E-state index is 0.181. The van der Waals surface area contributed by atoms with Gasteiger partial charge in [0.1, 0.15) is 17.8 Å². The largest absolute Gasteiger partial charge is 0.354 e. The summed E-state index contributed by atoms with van der Waals surface area (Å²) < 4.78 is 0. The van der Waals surface area contributed by atoms with Crippen LogP contribution < -0.4 is 10.2 Å². The van der Waals surface area contributed by atoms with E-state index in [9.17, 15) is 4.79 Å². The number of likely N-dealkylation sites (N-methyl/N-ethyl adjacent to an activating group) is 1. The van der Waals surface area contributed by atoms with E-state index in [0.717, 1.165) is 44.0 Å². The van der Waals surface area contributed by atoms with Crippen LogP contribution in [-0.4, -0.2) is 60.5 Å². The Morgan fingerprint density at radius 3 is 2.76 bits per heavy atom. The molecule has 25 heavy (non-hydrogen) atoms. The molecule has 0 spiro atoms. The first-order valence-electron chi connectivity index (χ1n) is 8.40. The number of carbonyl (C=O) groups is 1. The Balaban J connectivity index is 1.56. The molecule has 132 valence electrons. The van der Waals surface area contributed by atoms with Crippen molar-refractivity contribution in [2.45, 2.75) is 6.42 Å². The van der Waals surface area contributed by atoms with E-state index >= 15 is 0 Å². The number of carbonyl (C=O) groups excluding carboxylic acids is 1. The monoisotopic (exact) mass is 359 g/mol. The molecular formula is C18H22ClN5O. The number of piperazine rings is 1. The van der Waals surface area contributed by atoms with E-state index in [2.05, 4.69) is 32.1 Å². The van der Waals surface area contributed by atoms with Crippen molar-refractivity contribution in [1.29, 1.82) is 0 Å². The minimum Gasteiger partial charge on any atom is -0.354 e. The first-order valence-corrected chi connectivity index (χ1v) is 8.78. The summed E-state index contributed by atoms with van der Waals surface area (Å²) in [6, 6.07) is 9.41. The highest BCUT2D eigenvalue weighted by Crippen LogP contribution is 2.14. The van der Waals surface area contributed by atoms with E-state index in [1.165, 1.54) is 6.33 Å². The van der Waals surface area contributed by atoms with Gasteiger partial charge < -0.3 is 15.1 Å². The molecule has 0 aliphatic carbocycles. The van der Waals surface area contributed by atoms with Crippen molar-refractivity contribution >= 4 is 23.3 Å². The number of rotatable bonds is 5. The van der Waals surface area contributed by atoms with Crippen molar-refractivity contribution in [3.63, 3.8) is 0 Å². The van der Waals surface area contributed by atoms with Gasteiger partial charge in [-0.05, 0) is 31.2 Å². The summed E-state index contributed by atoms with van der Waals surface area (Å²) in [6.07, 6.45) is 2.18. The normalized spacial score (nSPS) is 15.2. The lowest BCUT2D eigenvalue weighted by Gasteiger charge is -2.33. The number of nitrogens with one attached hydrogen (secondary N) is 1. The second-order valence-electron chi connectivity index (χ2n) is 6.19. The third-order valence-corrected chi connectivity index (χ3v) is 4.54. The van der Waals surface area contributed by atoms with Crippen LogP contribution in [0.2, 0.25) is 5.02 Å². The van der Waals surface area contributed by atoms with Gasteiger partial charge in [-0.1, -0.05) is 23.7 Å². The SMILES string of the molecule is CN1CCN(c2cc(C(=O)NCCc3cccc(Cl)c3)ncn2)CC1. The van der Waals surface area contributed by atoms with E-state index in [0.29, 0.717) is 17.3 Å². The van der Waals surface area contributed by atoms with Gasteiger partial charge in [-0.3, -0.25) is 4.79 Å². The van der Waals surface area contributed by atoms with Crippen LogP contribution in [0, 0.1) is 0 Å². The second kappa shape index (κ2) is 8.27. The first kappa shape index (κ1) is 17.6. The summed E-state index contributed by atoms with van der Waals surface area (Å²) in [7, 11) is 2.11. The molecule has 1 aromatic heterocycles. The molecule has 2 aromatic rings. The number of anilines is 1. The molecule has 0 unspecified atom stereocenters. The smallest absolute Gasteiger partial charge is 0.270 e. The Kier molecular flexibility index (Phi) is 5.83. The quantitative estimate of drug-likeness (QED) is 0.882. The Hall–Kier alpha value is -2.18. The molecule has 1 N–H and O–H groups in total. The van der Waals surface area contributed by atoms with Crippen LogP contribution in [0.4, 0.5) is 5.82 Å². The van der Waals surface area contributed by atoms with Crippen LogP contribution in [-0.2, 0) is 6.42 Å². The molecule has 0 saturated carbocycles. The molecule has 3 rings (SSSR count). The summed E-state index contributed by atoms with van der Waals surface area (Å²) in [6.45, 7) is 4.33. The first-order chi connectivity index (χ1) is 12.1. The molecule has 0 atom stereocenters. The fourth-order valence-electron chi connectivity index (χ4n) is 2.78. The van der Waals surface area contributed by atoms with Gasteiger partial charge in [0.2, 0.25) is 0 Å². The predicted octanol–water partition coefficient (Wildman–Crippen LogP) is 1.85. The second-order valence-corrected chi connectivity index (χ2v) is 6.62. The van der Waals surface area contributed by atoms with E-state index in [1.807, 2.05) is 24.3 Å². The number of amides is 1. The maximum absolute atomic E-state index is 12.3. The lowest BCUT2D eigenvalue weighted by atomic mass is 10.1. The summed E-state index contributed by atoms with van der Waals surface area (Å²) in [5.41, 5.74) is 1.49. The summed E-state index contributed by atoms with van der Waals surface area (Å²) in [5, 5.41) is 3.61. The third kappa shape index (κ3) is 4.90. The fraction of sp³-hybridized carbons (Fsp3) is 0.389. The molecular weight excluding hydrogens is 338 g/mol. The van der Waals surface area contributed by atoms with Gasteiger partial charge in [-0.15, -0.1) is 0 Å². The molecule has 0 radical (unpaired) electrons. The Bertz CT molecular complexity index is 731. The summed E-state index contributed by atoms with van der Waals surface area (Å²) >= 11 is 5.97. The number of hydrogen-bond donors (Lipinski definition) is 1. The predicted molar refractivity (Wildman–Crippen MR) is 99.2 cm³/mol. The van der Waals surface area contributed by atoms with E-state index in [1.54, 1.807) is 6.07 Å². The highest BCUT2D eigenvalue weighted by atomic mass is 35.5. The maximum atomic E-state index is 12.3. The van der Waals surface area contributed by atoms with Crippen molar-refractivity contribution in [3.8, 4) is 0 Å². The van der Waals surface area contributed by atoms with Gasteiger partial charge in [0.05, 0.1) is 0 Å². The maximum Gasteiger partial charge on any atom is 0.270 e. The van der Waals surface area contributed by atoms with Crippen molar-refractivity contribution < 1.29 is 4.79 Å². The Morgan fingerprint density at radius 2 is 2.00 bits per heavy atom. The average Bonchev–Trinajstić information content (AvgIpc) is 2.62. The number of hydrogen-bond acceptors (Lipinski definition) is 5. The van der Waals surface area contributed by atoms with Crippen LogP contribution in [0.5, 0.6) is 0 Å². The van der Waals surface area contributed by atoms with Crippen molar-refractivity contribution in [2.75, 3.05) is 44.7 Å². The molecule has 6 nitrogen and oxygen atoms in total. The zero-order valence-corrected chi connectivity index (χ0v) is 15.0. The molecule has 1 fully saturated rings. The van der Waals surface area contributed by atoms with Crippen LogP contribution in [0.25, 0.3) is 0 Å². The standard InChI is InChI=1S/C18H22ClN5O/c1-23-7-9-24(10-8-23)17-12-16(21-13-22-17)18(25)20-6-5-14-3-2-4-15(19)11-14/h2-4,11-13H,5-10H2,1H3,(H,20,25). The van der Waals surface area contributed by atoms with E-state index in [4.69, 9.17) is 11.6 Å². The minimum atomic E-state index is -0.181. The van der Waals surface area contributed by atoms with Crippen molar-refractivity contribution in [3.05, 3.63) is 52.9 Å². The van der Waals surface area contributed by atoms with Gasteiger partial charge in [0.25, 0.3) is 5.91 Å². The molecule has 2 heterocycles. The number of benzene rings is 1. The molecule has 1 aliphatic rings. The Morgan fingerprint density at radius 1 is 1.20 bits per heavy atom. The molecule has 0 bridgehead atoms. The highest BCUT2D eigenvalue weighted by molar-refractivity contribution is 6.30. The summed E-state index contributed by atoms with van der Waals surface area (Å²) in [5.74, 6) is 0.628. The van der Waals surface area contributed by atoms with Gasteiger partial charge in [-0.2, -0.15) is 0 Å². The Labute approximate surface area is 152 Å². The van der Waals surface area contributed by atoms with Crippen LogP contribution in [0.3, 0.4) is 0 Å². The van der Waals surface area contributed by atoms with Gasteiger partial charge in [0, 0.05) is 43.8 Å².